The first-order valence-corrected chi connectivity index (χ1v) is 16.4. The second-order valence-corrected chi connectivity index (χ2v) is 12.0. The molecule has 0 aromatic heterocycles. The molecule has 0 radical (unpaired) electrons. The van der Waals surface area contributed by atoms with E-state index in [1.807, 2.05) is 43.4 Å². The van der Waals surface area contributed by atoms with Crippen LogP contribution in [0.4, 0.5) is 28.4 Å². The molecule has 2 heterocycles. The van der Waals surface area contributed by atoms with E-state index in [1.54, 1.807) is 15.6 Å². The quantitative estimate of drug-likeness (QED) is 0.116. The molecule has 0 fully saturated rings. The topological polar surface area (TPSA) is 33.6 Å². The SMILES string of the molecule is C[N+]1=C=[N+](c2[c-]c(Oc3[c-]c([N+]4=C=[N+](c5c(-c6ccccc6)cccc5-c5ccccc5)c5c4ccc4ccccc54)ccc3)ccc2)N=C1.[Pt+2]. The molecule has 0 bridgehead atoms. The Kier molecular flexibility index (Phi) is 8.49. The van der Waals surface area contributed by atoms with Gasteiger partial charge in [-0.25, -0.2) is 0 Å². The molecule has 2 aliphatic heterocycles. The Morgan fingerprint density at radius 1 is 0.549 bits per heavy atom. The molecule has 242 valence electrons. The van der Waals surface area contributed by atoms with Crippen molar-refractivity contribution in [2.24, 2.45) is 5.10 Å². The monoisotopic (exact) mass is 838 g/mol. The number of ether oxygens (including phenoxy) is 1. The van der Waals surface area contributed by atoms with Gasteiger partial charge in [0.15, 0.2) is 0 Å². The first-order valence-electron chi connectivity index (χ1n) is 16.4. The first-order chi connectivity index (χ1) is 24.7. The van der Waals surface area contributed by atoms with Gasteiger partial charge in [0.25, 0.3) is 5.69 Å². The Morgan fingerprint density at radius 2 is 1.16 bits per heavy atom. The summed E-state index contributed by atoms with van der Waals surface area (Å²) < 4.78 is 14.0. The van der Waals surface area contributed by atoms with Gasteiger partial charge in [-0.2, -0.15) is 12.1 Å². The van der Waals surface area contributed by atoms with E-state index in [1.165, 1.54) is 0 Å². The summed E-state index contributed by atoms with van der Waals surface area (Å²) in [7, 11) is 1.88. The van der Waals surface area contributed by atoms with Crippen LogP contribution in [0.2, 0.25) is 0 Å². The zero-order chi connectivity index (χ0) is 33.4. The summed E-state index contributed by atoms with van der Waals surface area (Å²) in [6.45, 7) is 0. The summed E-state index contributed by atoms with van der Waals surface area (Å²) in [4.78, 5) is 0. The third-order valence-corrected chi connectivity index (χ3v) is 8.76. The van der Waals surface area contributed by atoms with Crippen LogP contribution in [0.15, 0.2) is 157 Å². The van der Waals surface area contributed by atoms with E-state index in [0.717, 1.165) is 61.5 Å². The molecular formula is C44H29N5OPt+4. The molecule has 6 nitrogen and oxygen atoms in total. The second kappa shape index (κ2) is 13.6. The van der Waals surface area contributed by atoms with E-state index in [0.29, 0.717) is 11.5 Å². The Morgan fingerprint density at radius 3 is 1.82 bits per heavy atom. The number of hydrogen-bond donors (Lipinski definition) is 0. The minimum atomic E-state index is 0. The van der Waals surface area contributed by atoms with Crippen molar-refractivity contribution in [3.8, 4) is 33.8 Å². The van der Waals surface area contributed by atoms with Crippen molar-refractivity contribution >= 4 is 57.6 Å². The van der Waals surface area contributed by atoms with Gasteiger partial charge in [-0.15, -0.1) is 22.8 Å². The normalized spacial score (nSPS) is 12.8. The molecule has 0 atom stereocenters. The van der Waals surface area contributed by atoms with Crippen LogP contribution < -0.4 is 13.9 Å². The number of fused-ring (bicyclic) bond motifs is 3. The van der Waals surface area contributed by atoms with E-state index in [2.05, 4.69) is 154 Å². The fraction of sp³-hybridized carbons (Fsp3) is 0.0227. The summed E-state index contributed by atoms with van der Waals surface area (Å²) in [6.07, 6.45) is 1.69. The molecule has 51 heavy (non-hydrogen) atoms. The number of rotatable bonds is 7. The van der Waals surface area contributed by atoms with Gasteiger partial charge in [-0.05, 0) is 45.4 Å². The van der Waals surface area contributed by atoms with E-state index in [-0.39, 0.29) is 21.1 Å². The standard InChI is InChI=1S/C44H29N5O.Pt/c1-46-29-45-49(30-46)36-19-11-21-38(28-36)50-37-20-10-18-35(27-37)47-31-48(44-41-22-9-8-17-34(41)25-26-42(44)47)43-39(32-13-4-2-5-14-32)23-12-24-40(43)33-15-6-3-7-16-33;/h2-26,29H,1H3;/q2*+2. The summed E-state index contributed by atoms with van der Waals surface area (Å²) >= 11 is 0. The number of benzene rings is 7. The third kappa shape index (κ3) is 5.99. The van der Waals surface area contributed by atoms with Crippen molar-refractivity contribution in [1.29, 1.82) is 0 Å². The predicted molar refractivity (Wildman–Crippen MR) is 199 cm³/mol. The van der Waals surface area contributed by atoms with E-state index >= 15 is 0 Å². The van der Waals surface area contributed by atoms with Crippen molar-refractivity contribution in [1.82, 2.24) is 9.15 Å². The Hall–Kier alpha value is -6.28. The van der Waals surface area contributed by atoms with Crippen molar-refractivity contribution in [2.45, 2.75) is 0 Å². The smallest absolute Gasteiger partial charge is 0.509 e. The fourth-order valence-electron chi connectivity index (χ4n) is 6.50. The van der Waals surface area contributed by atoms with Gasteiger partial charge in [0, 0.05) is 17.6 Å². The Bertz CT molecular complexity index is 2600. The average molecular weight is 839 g/mol. The van der Waals surface area contributed by atoms with Crippen LogP contribution in [0, 0.1) is 12.1 Å². The van der Waals surface area contributed by atoms with Crippen LogP contribution >= 0.6 is 0 Å². The molecule has 7 aromatic carbocycles. The molecule has 0 saturated heterocycles. The Labute approximate surface area is 310 Å². The van der Waals surface area contributed by atoms with Gasteiger partial charge in [-0.1, -0.05) is 108 Å². The maximum absolute atomic E-state index is 6.33. The zero-order valence-electron chi connectivity index (χ0n) is 27.5. The molecule has 9 rings (SSSR count). The molecule has 7 aromatic rings. The number of hydrogen-bond acceptors (Lipinski definition) is 2. The zero-order valence-corrected chi connectivity index (χ0v) is 29.7. The van der Waals surface area contributed by atoms with Crippen LogP contribution in [0.5, 0.6) is 11.5 Å². The van der Waals surface area contributed by atoms with E-state index in [9.17, 15) is 0 Å². The van der Waals surface area contributed by atoms with Gasteiger partial charge in [0.2, 0.25) is 10.8 Å². The maximum Gasteiger partial charge on any atom is 2.00 e. The van der Waals surface area contributed by atoms with Crippen molar-refractivity contribution in [3.05, 3.63) is 164 Å². The number of para-hydroxylation sites is 1. The molecule has 0 amide bonds. The molecule has 0 unspecified atom stereocenters. The largest absolute Gasteiger partial charge is 2.00 e. The molecular weight excluding hydrogens is 810 g/mol. The van der Waals surface area contributed by atoms with Gasteiger partial charge < -0.3 is 4.74 Å². The van der Waals surface area contributed by atoms with Crippen molar-refractivity contribution < 1.29 is 35.1 Å². The van der Waals surface area contributed by atoms with Crippen LogP contribution in [0.25, 0.3) is 33.0 Å². The molecule has 0 saturated carbocycles. The number of nitrogens with zero attached hydrogens (tertiary/aromatic N) is 5. The van der Waals surface area contributed by atoms with E-state index < -0.39 is 0 Å². The molecule has 2 aliphatic rings. The summed E-state index contributed by atoms with van der Waals surface area (Å²) in [5.74, 6) is 1.11. The molecule has 0 N–H and O–H groups in total. The molecule has 7 heteroatoms. The molecule has 0 aliphatic carbocycles. The molecule has 0 spiro atoms. The van der Waals surface area contributed by atoms with Gasteiger partial charge in [-0.3, -0.25) is 0 Å². The number of hydrazone groups is 1. The van der Waals surface area contributed by atoms with Crippen LogP contribution in [0.1, 0.15) is 0 Å². The van der Waals surface area contributed by atoms with Crippen molar-refractivity contribution in [2.75, 3.05) is 7.05 Å². The maximum atomic E-state index is 6.33. The Balaban J connectivity index is 0.00000374. The van der Waals surface area contributed by atoms with Gasteiger partial charge in [0.1, 0.15) is 18.4 Å². The van der Waals surface area contributed by atoms with Gasteiger partial charge >= 0.3 is 45.1 Å². The second-order valence-electron chi connectivity index (χ2n) is 12.0. The first kappa shape index (κ1) is 32.0. The van der Waals surface area contributed by atoms with Crippen LogP contribution in [0.3, 0.4) is 0 Å². The average Bonchev–Trinajstić information content (AvgIpc) is 3.80. The predicted octanol–water partition coefficient (Wildman–Crippen LogP) is 9.84. The van der Waals surface area contributed by atoms with Crippen LogP contribution in [-0.2, 0) is 21.1 Å². The van der Waals surface area contributed by atoms with E-state index in [4.69, 9.17) is 4.74 Å². The third-order valence-electron chi connectivity index (χ3n) is 8.76. The van der Waals surface area contributed by atoms with Gasteiger partial charge in [0.05, 0.1) is 21.2 Å². The summed E-state index contributed by atoms with van der Waals surface area (Å²) in [6, 6.07) is 65.8. The minimum absolute atomic E-state index is 0. The van der Waals surface area contributed by atoms with Crippen molar-refractivity contribution in [3.63, 3.8) is 0 Å². The summed E-state index contributed by atoms with van der Waals surface area (Å²) in [5.41, 5.74) is 9.09. The fourth-order valence-corrected chi connectivity index (χ4v) is 6.50. The minimum Gasteiger partial charge on any atom is -0.509 e. The van der Waals surface area contributed by atoms with Crippen LogP contribution in [-0.4, -0.2) is 34.7 Å². The summed E-state index contributed by atoms with van der Waals surface area (Å²) in [5, 5.41) is 6.62.